The van der Waals surface area contributed by atoms with Crippen LogP contribution in [0, 0.1) is 0 Å². The van der Waals surface area contributed by atoms with Crippen LogP contribution in [-0.4, -0.2) is 18.1 Å². The molecular formula is C22H16Cl2N2O3. The minimum Gasteiger partial charge on any atom is -0.423 e. The molecule has 1 N–H and O–H groups in total. The number of carbonyl (C=O) groups is 2. The summed E-state index contributed by atoms with van der Waals surface area (Å²) in [5.74, 6) is -0.439. The first-order chi connectivity index (χ1) is 14.0. The van der Waals surface area contributed by atoms with E-state index in [4.69, 9.17) is 27.9 Å². The van der Waals surface area contributed by atoms with E-state index in [0.717, 1.165) is 11.1 Å². The molecule has 0 saturated carbocycles. The van der Waals surface area contributed by atoms with Crippen LogP contribution in [0.4, 0.5) is 0 Å². The molecule has 146 valence electrons. The molecule has 3 aromatic carbocycles. The van der Waals surface area contributed by atoms with E-state index in [-0.39, 0.29) is 22.9 Å². The molecule has 0 radical (unpaired) electrons. The Labute approximate surface area is 177 Å². The fraction of sp³-hybridized carbons (Fsp3) is 0.0455. The van der Waals surface area contributed by atoms with Gasteiger partial charge in [-0.2, -0.15) is 5.10 Å². The molecule has 0 aliphatic rings. The molecule has 0 unspecified atom stereocenters. The van der Waals surface area contributed by atoms with Crippen molar-refractivity contribution in [2.75, 3.05) is 0 Å². The van der Waals surface area contributed by atoms with Crippen LogP contribution in [0.1, 0.15) is 21.5 Å². The largest absolute Gasteiger partial charge is 0.423 e. The van der Waals surface area contributed by atoms with Crippen molar-refractivity contribution < 1.29 is 14.3 Å². The Kier molecular flexibility index (Phi) is 7.00. The first-order valence-corrected chi connectivity index (χ1v) is 9.40. The first kappa shape index (κ1) is 20.6. The molecule has 0 aliphatic heterocycles. The van der Waals surface area contributed by atoms with Crippen LogP contribution in [0.3, 0.4) is 0 Å². The number of hydrogen-bond acceptors (Lipinski definition) is 4. The van der Waals surface area contributed by atoms with Crippen LogP contribution in [0.15, 0.2) is 77.9 Å². The molecule has 0 fully saturated rings. The van der Waals surface area contributed by atoms with E-state index in [1.165, 1.54) is 18.3 Å². The second-order valence-electron chi connectivity index (χ2n) is 6.04. The van der Waals surface area contributed by atoms with Gasteiger partial charge in [0.25, 0.3) is 0 Å². The molecular weight excluding hydrogens is 411 g/mol. The quantitative estimate of drug-likeness (QED) is 0.263. The average Bonchev–Trinajstić information content (AvgIpc) is 2.70. The Morgan fingerprint density at radius 2 is 1.69 bits per heavy atom. The summed E-state index contributed by atoms with van der Waals surface area (Å²) in [4.78, 5) is 24.1. The Morgan fingerprint density at radius 3 is 2.38 bits per heavy atom. The molecule has 5 nitrogen and oxygen atoms in total. The fourth-order valence-corrected chi connectivity index (χ4v) is 2.92. The lowest BCUT2D eigenvalue weighted by Crippen LogP contribution is -2.19. The van der Waals surface area contributed by atoms with Crippen molar-refractivity contribution in [1.29, 1.82) is 0 Å². The maximum atomic E-state index is 12.2. The van der Waals surface area contributed by atoms with Crippen LogP contribution < -0.4 is 10.2 Å². The number of ether oxygens (including phenoxy) is 1. The molecule has 0 atom stereocenters. The van der Waals surface area contributed by atoms with Crippen LogP contribution in [0.5, 0.6) is 5.75 Å². The highest BCUT2D eigenvalue weighted by molar-refractivity contribution is 6.36. The van der Waals surface area contributed by atoms with E-state index in [1.54, 1.807) is 30.3 Å². The Balaban J connectivity index is 1.53. The maximum absolute atomic E-state index is 12.2. The van der Waals surface area contributed by atoms with Crippen LogP contribution in [0.25, 0.3) is 0 Å². The number of halogens is 2. The molecule has 0 saturated heterocycles. The van der Waals surface area contributed by atoms with Crippen molar-refractivity contribution in [3.05, 3.63) is 99.5 Å². The topological polar surface area (TPSA) is 67.8 Å². The molecule has 0 bridgehead atoms. The monoisotopic (exact) mass is 426 g/mol. The van der Waals surface area contributed by atoms with Gasteiger partial charge in [0.2, 0.25) is 5.91 Å². The van der Waals surface area contributed by atoms with Gasteiger partial charge >= 0.3 is 5.97 Å². The minimum absolute atomic E-state index is 0.210. The van der Waals surface area contributed by atoms with Gasteiger partial charge in [-0.3, -0.25) is 4.79 Å². The summed E-state index contributed by atoms with van der Waals surface area (Å²) in [6.07, 6.45) is 1.75. The summed E-state index contributed by atoms with van der Waals surface area (Å²) >= 11 is 11.8. The number of rotatable bonds is 6. The van der Waals surface area contributed by atoms with Crippen molar-refractivity contribution in [1.82, 2.24) is 5.43 Å². The summed E-state index contributed by atoms with van der Waals surface area (Å²) in [6, 6.07) is 20.6. The number of amides is 1. The molecule has 7 heteroatoms. The Hall–Kier alpha value is -3.15. The molecule has 3 rings (SSSR count). The van der Waals surface area contributed by atoms with Gasteiger partial charge in [0.1, 0.15) is 5.75 Å². The predicted molar refractivity (Wildman–Crippen MR) is 114 cm³/mol. The number of hydrogen-bond donors (Lipinski definition) is 1. The van der Waals surface area contributed by atoms with Gasteiger partial charge in [-0.25, -0.2) is 10.2 Å². The number of nitrogens with zero attached hydrogens (tertiary/aromatic N) is 1. The average molecular weight is 427 g/mol. The SMILES string of the molecule is O=C(Cc1ccccc1)NN=Cc1ccc(OC(=O)c2ccc(Cl)cc2Cl)cc1. The van der Waals surface area contributed by atoms with Gasteiger partial charge in [-0.05, 0) is 53.6 Å². The lowest BCUT2D eigenvalue weighted by Gasteiger charge is -2.06. The molecule has 0 aromatic heterocycles. The zero-order valence-electron chi connectivity index (χ0n) is 15.1. The van der Waals surface area contributed by atoms with E-state index in [1.807, 2.05) is 30.3 Å². The molecule has 0 heterocycles. The van der Waals surface area contributed by atoms with Gasteiger partial charge in [0.05, 0.1) is 23.2 Å². The smallest absolute Gasteiger partial charge is 0.345 e. The van der Waals surface area contributed by atoms with Crippen LogP contribution >= 0.6 is 23.2 Å². The van der Waals surface area contributed by atoms with Crippen molar-refractivity contribution in [2.45, 2.75) is 6.42 Å². The molecule has 1 amide bonds. The van der Waals surface area contributed by atoms with Crippen LogP contribution in [-0.2, 0) is 11.2 Å². The fourth-order valence-electron chi connectivity index (χ4n) is 2.44. The van der Waals surface area contributed by atoms with Crippen LogP contribution in [0.2, 0.25) is 10.0 Å². The number of esters is 1. The van der Waals surface area contributed by atoms with Crippen molar-refractivity contribution in [3.63, 3.8) is 0 Å². The van der Waals surface area contributed by atoms with Crippen molar-refractivity contribution >= 4 is 41.3 Å². The number of carbonyl (C=O) groups excluding carboxylic acids is 2. The van der Waals surface area contributed by atoms with Gasteiger partial charge in [-0.1, -0.05) is 53.5 Å². The van der Waals surface area contributed by atoms with E-state index in [2.05, 4.69) is 10.5 Å². The molecule has 0 aliphatic carbocycles. The zero-order valence-corrected chi connectivity index (χ0v) is 16.7. The summed E-state index contributed by atoms with van der Waals surface area (Å²) < 4.78 is 5.30. The van der Waals surface area contributed by atoms with Gasteiger partial charge in [0, 0.05) is 5.02 Å². The summed E-state index contributed by atoms with van der Waals surface area (Å²) in [5.41, 5.74) is 4.34. The third kappa shape index (κ3) is 6.17. The first-order valence-electron chi connectivity index (χ1n) is 8.64. The second-order valence-corrected chi connectivity index (χ2v) is 6.88. The standard InChI is InChI=1S/C22H16Cl2N2O3/c23-17-8-11-19(20(24)13-17)22(28)29-18-9-6-16(7-10-18)14-25-26-21(27)12-15-4-2-1-3-5-15/h1-11,13-14H,12H2,(H,26,27). The van der Waals surface area contributed by atoms with Gasteiger partial charge < -0.3 is 4.74 Å². The lowest BCUT2D eigenvalue weighted by atomic mass is 10.1. The number of hydrazone groups is 1. The van der Waals surface area contributed by atoms with Crippen molar-refractivity contribution in [2.24, 2.45) is 5.10 Å². The molecule has 3 aromatic rings. The van der Waals surface area contributed by atoms with Crippen molar-refractivity contribution in [3.8, 4) is 5.75 Å². The van der Waals surface area contributed by atoms with E-state index >= 15 is 0 Å². The molecule has 0 spiro atoms. The van der Waals surface area contributed by atoms with Gasteiger partial charge in [0.15, 0.2) is 0 Å². The highest BCUT2D eigenvalue weighted by atomic mass is 35.5. The normalized spacial score (nSPS) is 10.7. The maximum Gasteiger partial charge on any atom is 0.345 e. The number of nitrogens with one attached hydrogen (secondary N) is 1. The minimum atomic E-state index is -0.582. The molecule has 29 heavy (non-hydrogen) atoms. The lowest BCUT2D eigenvalue weighted by molar-refractivity contribution is -0.120. The number of benzene rings is 3. The Morgan fingerprint density at radius 1 is 0.966 bits per heavy atom. The second kappa shape index (κ2) is 9.87. The summed E-state index contributed by atoms with van der Waals surface area (Å²) in [5, 5.41) is 4.59. The summed E-state index contributed by atoms with van der Waals surface area (Å²) in [7, 11) is 0. The van der Waals surface area contributed by atoms with E-state index < -0.39 is 5.97 Å². The Bertz CT molecular complexity index is 1040. The highest BCUT2D eigenvalue weighted by Gasteiger charge is 2.13. The third-order valence-corrected chi connectivity index (χ3v) is 4.40. The van der Waals surface area contributed by atoms with Gasteiger partial charge in [-0.15, -0.1) is 0 Å². The van der Waals surface area contributed by atoms with E-state index in [9.17, 15) is 9.59 Å². The summed E-state index contributed by atoms with van der Waals surface area (Å²) in [6.45, 7) is 0. The third-order valence-electron chi connectivity index (χ3n) is 3.85. The highest BCUT2D eigenvalue weighted by Crippen LogP contribution is 2.22. The van der Waals surface area contributed by atoms with E-state index in [0.29, 0.717) is 10.8 Å². The predicted octanol–water partition coefficient (Wildman–Crippen LogP) is 4.91. The zero-order chi connectivity index (χ0) is 20.6.